The number of nitrogens with two attached hydrogens (primary N) is 2. The molecule has 48 heavy (non-hydrogen) atoms. The molecule has 9 N–H and O–H groups in total. The van der Waals surface area contributed by atoms with Crippen LogP contribution in [0.15, 0.2) is 24.3 Å². The number of hydrogen-bond donors (Lipinski definition) is 7. The van der Waals surface area contributed by atoms with Crippen LogP contribution in [0, 0.1) is 11.8 Å². The summed E-state index contributed by atoms with van der Waals surface area (Å²) in [5.74, 6) is -3.09. The minimum Gasteiger partial charge on any atom is -0.444 e. The molecule has 1 saturated carbocycles. The van der Waals surface area contributed by atoms with Gasteiger partial charge in [-0.25, -0.2) is 9.59 Å². The molecular formula is C33H53N7O8. The Hall–Kier alpha value is -3.95. The average molecular weight is 676 g/mol. The van der Waals surface area contributed by atoms with Crippen LogP contribution in [0.5, 0.6) is 0 Å². The van der Waals surface area contributed by atoms with Crippen LogP contribution in [0.2, 0.25) is 0 Å². The summed E-state index contributed by atoms with van der Waals surface area (Å²) in [5.41, 5.74) is 12.4. The van der Waals surface area contributed by atoms with Crippen LogP contribution >= 0.6 is 0 Å². The van der Waals surface area contributed by atoms with Gasteiger partial charge in [-0.2, -0.15) is 0 Å². The molecule has 1 saturated heterocycles. The summed E-state index contributed by atoms with van der Waals surface area (Å²) in [7, 11) is 0. The first kappa shape index (κ1) is 38.5. The lowest BCUT2D eigenvalue weighted by Gasteiger charge is -2.28. The third-order valence-electron chi connectivity index (χ3n) is 8.04. The zero-order valence-corrected chi connectivity index (χ0v) is 29.0. The van der Waals surface area contributed by atoms with Crippen molar-refractivity contribution in [1.29, 1.82) is 0 Å². The minimum atomic E-state index is -0.986. The predicted molar refractivity (Wildman–Crippen MR) is 178 cm³/mol. The number of carbonyl (C=O) groups is 5. The predicted octanol–water partition coefficient (Wildman–Crippen LogP) is 1.63. The first-order valence-corrected chi connectivity index (χ1v) is 16.5. The SMILES string of the molecule is CC(C)[C@@H](NC(=O)[C@H]1C[C@@H]2OC(C)(C)O[C@@H]2[C@@H]1N)C(=O)NC(CCCNC(N)=O)C(=O)Nc1ccc(CCNC(=O)OC(C)(C)C)cc1. The maximum absolute atomic E-state index is 13.6. The van der Waals surface area contributed by atoms with Crippen LogP contribution in [0.1, 0.15) is 73.3 Å². The van der Waals surface area contributed by atoms with Crippen LogP contribution in [-0.4, -0.2) is 84.7 Å². The fourth-order valence-electron chi connectivity index (χ4n) is 5.74. The lowest BCUT2D eigenvalue weighted by molar-refractivity contribution is -0.159. The van der Waals surface area contributed by atoms with Gasteiger partial charge in [0.1, 0.15) is 23.8 Å². The van der Waals surface area contributed by atoms with Crippen LogP contribution in [-0.2, 0) is 35.0 Å². The molecule has 2 fully saturated rings. The molecule has 3 rings (SSSR count). The summed E-state index contributed by atoms with van der Waals surface area (Å²) >= 11 is 0. The van der Waals surface area contributed by atoms with Crippen molar-refractivity contribution in [2.24, 2.45) is 23.3 Å². The van der Waals surface area contributed by atoms with Crippen LogP contribution in [0.25, 0.3) is 0 Å². The van der Waals surface area contributed by atoms with E-state index in [0.29, 0.717) is 31.5 Å². The number of anilines is 1. The Morgan fingerprint density at radius 3 is 2.23 bits per heavy atom. The normalized spacial score (nSPS) is 22.6. The van der Waals surface area contributed by atoms with Gasteiger partial charge in [0.25, 0.3) is 0 Å². The molecule has 15 nitrogen and oxygen atoms in total. The van der Waals surface area contributed by atoms with E-state index >= 15 is 0 Å². The Labute approximate surface area is 282 Å². The van der Waals surface area contributed by atoms with E-state index in [1.807, 2.05) is 12.1 Å². The number of alkyl carbamates (subject to hydrolysis) is 1. The fraction of sp³-hybridized carbons (Fsp3) is 0.667. The number of primary amides is 1. The quantitative estimate of drug-likeness (QED) is 0.142. The van der Waals surface area contributed by atoms with E-state index in [4.69, 9.17) is 25.7 Å². The molecule has 1 aliphatic carbocycles. The van der Waals surface area contributed by atoms with Crippen molar-refractivity contribution < 1.29 is 38.2 Å². The number of hydrogen-bond acceptors (Lipinski definition) is 9. The van der Waals surface area contributed by atoms with E-state index in [9.17, 15) is 24.0 Å². The van der Waals surface area contributed by atoms with Gasteiger partial charge in [0.05, 0.1) is 12.0 Å². The van der Waals surface area contributed by atoms with Crippen LogP contribution in [0.3, 0.4) is 0 Å². The highest BCUT2D eigenvalue weighted by Gasteiger charge is 2.54. The summed E-state index contributed by atoms with van der Waals surface area (Å²) < 4.78 is 17.0. The number of urea groups is 1. The Balaban J connectivity index is 1.61. The second-order valence-corrected chi connectivity index (χ2v) is 14.1. The number of rotatable bonds is 14. The maximum Gasteiger partial charge on any atom is 0.407 e. The van der Waals surface area contributed by atoms with Crippen LogP contribution in [0.4, 0.5) is 15.3 Å². The number of fused-ring (bicyclic) bond motifs is 1. The fourth-order valence-corrected chi connectivity index (χ4v) is 5.74. The smallest absolute Gasteiger partial charge is 0.407 e. The summed E-state index contributed by atoms with van der Waals surface area (Å²) in [6, 6.07) is 3.85. The molecule has 0 spiro atoms. The van der Waals surface area contributed by atoms with Crippen molar-refractivity contribution in [2.45, 2.75) is 116 Å². The van der Waals surface area contributed by atoms with Gasteiger partial charge in [-0.3, -0.25) is 14.4 Å². The largest absolute Gasteiger partial charge is 0.444 e. The maximum atomic E-state index is 13.6. The molecule has 2 aliphatic rings. The summed E-state index contributed by atoms with van der Waals surface area (Å²) in [4.78, 5) is 63.4. The minimum absolute atomic E-state index is 0.187. The van der Waals surface area contributed by atoms with Gasteiger partial charge in [-0.05, 0) is 83.9 Å². The summed E-state index contributed by atoms with van der Waals surface area (Å²) in [6.07, 6.45) is 0.208. The first-order valence-electron chi connectivity index (χ1n) is 16.5. The van der Waals surface area contributed by atoms with E-state index < -0.39 is 65.5 Å². The monoisotopic (exact) mass is 675 g/mol. The van der Waals surface area contributed by atoms with Gasteiger partial charge in [0.15, 0.2) is 5.79 Å². The average Bonchev–Trinajstić information content (AvgIpc) is 3.44. The first-order chi connectivity index (χ1) is 22.3. The Bertz CT molecular complexity index is 1300. The molecule has 268 valence electrons. The highest BCUT2D eigenvalue weighted by molar-refractivity contribution is 5.98. The Kier molecular flexibility index (Phi) is 13.2. The molecule has 15 heteroatoms. The molecule has 1 aliphatic heterocycles. The molecule has 1 aromatic rings. The molecule has 1 heterocycles. The van der Waals surface area contributed by atoms with Crippen molar-refractivity contribution in [2.75, 3.05) is 18.4 Å². The van der Waals surface area contributed by atoms with E-state index in [-0.39, 0.29) is 30.9 Å². The van der Waals surface area contributed by atoms with Crippen molar-refractivity contribution in [3.63, 3.8) is 0 Å². The number of carbonyl (C=O) groups excluding carboxylic acids is 5. The number of nitrogens with one attached hydrogen (secondary N) is 5. The second-order valence-electron chi connectivity index (χ2n) is 14.1. The summed E-state index contributed by atoms with van der Waals surface area (Å²) in [5, 5.41) is 13.6. The molecule has 0 aromatic heterocycles. The number of benzene rings is 1. The molecular weight excluding hydrogens is 622 g/mol. The van der Waals surface area contributed by atoms with E-state index in [2.05, 4.69) is 26.6 Å². The highest BCUT2D eigenvalue weighted by Crippen LogP contribution is 2.40. The molecule has 0 bridgehead atoms. The van der Waals surface area contributed by atoms with Gasteiger partial charge in [0, 0.05) is 24.8 Å². The third-order valence-corrected chi connectivity index (χ3v) is 8.04. The molecule has 1 unspecified atom stereocenters. The number of amides is 6. The topological polar surface area (TPSA) is 225 Å². The van der Waals surface area contributed by atoms with Gasteiger partial charge < -0.3 is 52.3 Å². The van der Waals surface area contributed by atoms with Gasteiger partial charge in [-0.15, -0.1) is 0 Å². The zero-order chi connectivity index (χ0) is 35.8. The van der Waals surface area contributed by atoms with Crippen molar-refractivity contribution in [3.05, 3.63) is 29.8 Å². The molecule has 6 atom stereocenters. The van der Waals surface area contributed by atoms with E-state index in [1.165, 1.54) is 0 Å². The van der Waals surface area contributed by atoms with Gasteiger partial charge in [-0.1, -0.05) is 26.0 Å². The number of ether oxygens (including phenoxy) is 3. The summed E-state index contributed by atoms with van der Waals surface area (Å²) in [6.45, 7) is 13.1. The molecule has 0 radical (unpaired) electrons. The lowest BCUT2D eigenvalue weighted by Crippen LogP contribution is -2.56. The van der Waals surface area contributed by atoms with Crippen LogP contribution < -0.4 is 38.1 Å². The second kappa shape index (κ2) is 16.4. The van der Waals surface area contributed by atoms with Crippen molar-refractivity contribution in [3.8, 4) is 0 Å². The van der Waals surface area contributed by atoms with Crippen molar-refractivity contribution >= 4 is 35.5 Å². The molecule has 6 amide bonds. The third kappa shape index (κ3) is 11.6. The highest BCUT2D eigenvalue weighted by atomic mass is 16.8. The Morgan fingerprint density at radius 2 is 1.65 bits per heavy atom. The lowest BCUT2D eigenvalue weighted by atomic mass is 9.98. The zero-order valence-electron chi connectivity index (χ0n) is 29.0. The van der Waals surface area contributed by atoms with Gasteiger partial charge in [0.2, 0.25) is 17.7 Å². The Morgan fingerprint density at radius 1 is 0.979 bits per heavy atom. The van der Waals surface area contributed by atoms with E-state index in [0.717, 1.165) is 5.56 Å². The van der Waals surface area contributed by atoms with E-state index in [1.54, 1.807) is 60.6 Å². The standard InChI is InChI=1S/C33H53N7O8/c1-18(2)25(40-27(41)21-17-23-26(24(21)34)47-33(6,7)46-23)29(43)39-22(9-8-15-36-30(35)44)28(42)38-20-12-10-19(11-13-20)14-16-37-31(45)48-32(3,4)5/h10-13,18,21-26H,8-9,14-17,34H2,1-7H3,(H,37,45)(H,38,42)(H,39,43)(H,40,41)(H3,35,36,44)/t21-,22?,23-,24+,25+,26-/m0/s1. The van der Waals surface area contributed by atoms with Crippen molar-refractivity contribution in [1.82, 2.24) is 21.3 Å². The molecule has 1 aromatic carbocycles. The van der Waals surface area contributed by atoms with Gasteiger partial charge >= 0.3 is 12.1 Å².